The molecule has 2 heterocycles. The lowest BCUT2D eigenvalue weighted by atomic mass is 10.1. The maximum Gasteiger partial charge on any atom is 0.222 e. The van der Waals surface area contributed by atoms with Gasteiger partial charge in [0.2, 0.25) is 5.91 Å². The van der Waals surface area contributed by atoms with Crippen molar-refractivity contribution in [2.45, 2.75) is 13.3 Å². The number of halogens is 1. The Balaban J connectivity index is 2.34. The number of hydrogen-bond donors (Lipinski definition) is 1. The van der Waals surface area contributed by atoms with E-state index in [1.165, 1.54) is 0 Å². The van der Waals surface area contributed by atoms with E-state index in [2.05, 4.69) is 9.97 Å². The van der Waals surface area contributed by atoms with Crippen LogP contribution in [0, 0.1) is 12.8 Å². The van der Waals surface area contributed by atoms with Crippen LogP contribution in [0.4, 0.5) is 5.82 Å². The molecular formula is C11H13ClN4O2. The molecule has 1 atom stereocenters. The summed E-state index contributed by atoms with van der Waals surface area (Å²) in [7, 11) is 0. The smallest absolute Gasteiger partial charge is 0.222 e. The second-order valence-corrected chi connectivity index (χ2v) is 4.61. The Kier molecular flexibility index (Phi) is 3.47. The average molecular weight is 269 g/mol. The predicted molar refractivity (Wildman–Crippen MR) is 66.7 cm³/mol. The summed E-state index contributed by atoms with van der Waals surface area (Å²) < 4.78 is 0. The van der Waals surface area contributed by atoms with E-state index in [4.69, 9.17) is 17.3 Å². The van der Waals surface area contributed by atoms with Gasteiger partial charge in [-0.15, -0.1) is 0 Å². The number of rotatable bonds is 3. The fourth-order valence-electron chi connectivity index (χ4n) is 2.06. The lowest BCUT2D eigenvalue weighted by Gasteiger charge is -2.19. The lowest BCUT2D eigenvalue weighted by molar-refractivity contribution is -0.121. The van der Waals surface area contributed by atoms with E-state index in [1.807, 2.05) is 4.90 Å². The van der Waals surface area contributed by atoms with Crippen LogP contribution in [0.1, 0.15) is 22.6 Å². The summed E-state index contributed by atoms with van der Waals surface area (Å²) in [4.78, 5) is 32.2. The molecule has 1 aliphatic rings. The number of amides is 1. The number of primary amides is 1. The Hall–Kier alpha value is -1.69. The van der Waals surface area contributed by atoms with Crippen LogP contribution in [-0.2, 0) is 4.79 Å². The van der Waals surface area contributed by atoms with E-state index in [-0.39, 0.29) is 22.5 Å². The molecule has 96 valence electrons. The molecule has 0 bridgehead atoms. The highest BCUT2D eigenvalue weighted by molar-refractivity contribution is 6.32. The number of carbonyl (C=O) groups excluding carboxylic acids is 2. The monoisotopic (exact) mass is 268 g/mol. The molecule has 2 rings (SSSR count). The molecule has 0 radical (unpaired) electrons. The third-order valence-corrected chi connectivity index (χ3v) is 3.29. The highest BCUT2D eigenvalue weighted by Crippen LogP contribution is 2.27. The fraction of sp³-hybridized carbons (Fsp3) is 0.455. The number of anilines is 1. The SMILES string of the molecule is Cc1nc(Cl)c(C=O)c(N2CCC(C(N)=O)C2)n1. The van der Waals surface area contributed by atoms with Gasteiger partial charge in [0.1, 0.15) is 16.8 Å². The van der Waals surface area contributed by atoms with E-state index in [9.17, 15) is 9.59 Å². The summed E-state index contributed by atoms with van der Waals surface area (Å²) in [6, 6.07) is 0. The Morgan fingerprint density at radius 1 is 1.56 bits per heavy atom. The van der Waals surface area contributed by atoms with E-state index in [0.717, 1.165) is 0 Å². The summed E-state index contributed by atoms with van der Waals surface area (Å²) in [6.07, 6.45) is 1.29. The topological polar surface area (TPSA) is 89.2 Å². The molecular weight excluding hydrogens is 256 g/mol. The molecule has 1 aromatic heterocycles. The molecule has 2 N–H and O–H groups in total. The number of aldehydes is 1. The summed E-state index contributed by atoms with van der Waals surface area (Å²) >= 11 is 5.91. The van der Waals surface area contributed by atoms with Crippen molar-refractivity contribution in [1.82, 2.24) is 9.97 Å². The van der Waals surface area contributed by atoms with Gasteiger partial charge in [0.15, 0.2) is 6.29 Å². The van der Waals surface area contributed by atoms with Crippen LogP contribution < -0.4 is 10.6 Å². The van der Waals surface area contributed by atoms with Gasteiger partial charge in [-0.05, 0) is 13.3 Å². The van der Waals surface area contributed by atoms with Gasteiger partial charge >= 0.3 is 0 Å². The van der Waals surface area contributed by atoms with Gasteiger partial charge in [0.25, 0.3) is 0 Å². The Bertz CT molecular complexity index is 506. The van der Waals surface area contributed by atoms with Crippen molar-refractivity contribution in [3.05, 3.63) is 16.5 Å². The third kappa shape index (κ3) is 2.28. The number of nitrogens with two attached hydrogens (primary N) is 1. The van der Waals surface area contributed by atoms with Crippen molar-refractivity contribution in [3.8, 4) is 0 Å². The summed E-state index contributed by atoms with van der Waals surface area (Å²) in [5.41, 5.74) is 5.53. The third-order valence-electron chi connectivity index (χ3n) is 3.00. The minimum Gasteiger partial charge on any atom is -0.369 e. The van der Waals surface area contributed by atoms with Gasteiger partial charge in [-0.25, -0.2) is 9.97 Å². The zero-order chi connectivity index (χ0) is 13.3. The average Bonchev–Trinajstić information content (AvgIpc) is 2.77. The zero-order valence-corrected chi connectivity index (χ0v) is 10.6. The largest absolute Gasteiger partial charge is 0.369 e. The number of aryl methyl sites for hydroxylation is 1. The molecule has 0 aromatic carbocycles. The maximum atomic E-state index is 11.1. The first-order valence-corrected chi connectivity index (χ1v) is 5.94. The maximum absolute atomic E-state index is 11.1. The molecule has 0 saturated carbocycles. The van der Waals surface area contributed by atoms with Gasteiger partial charge in [-0.1, -0.05) is 11.6 Å². The van der Waals surface area contributed by atoms with Crippen LogP contribution in [-0.4, -0.2) is 35.3 Å². The van der Waals surface area contributed by atoms with Crippen molar-refractivity contribution in [3.63, 3.8) is 0 Å². The molecule has 0 aliphatic carbocycles. The number of hydrogen-bond acceptors (Lipinski definition) is 5. The van der Waals surface area contributed by atoms with E-state index >= 15 is 0 Å². The zero-order valence-electron chi connectivity index (χ0n) is 9.89. The summed E-state index contributed by atoms with van der Waals surface area (Å²) in [6.45, 7) is 2.79. The minimum atomic E-state index is -0.331. The highest BCUT2D eigenvalue weighted by atomic mass is 35.5. The lowest BCUT2D eigenvalue weighted by Crippen LogP contribution is -2.28. The van der Waals surface area contributed by atoms with Gasteiger partial charge in [-0.2, -0.15) is 0 Å². The highest BCUT2D eigenvalue weighted by Gasteiger charge is 2.29. The van der Waals surface area contributed by atoms with Gasteiger partial charge in [0.05, 0.1) is 11.5 Å². The molecule has 18 heavy (non-hydrogen) atoms. The first-order valence-electron chi connectivity index (χ1n) is 5.56. The Labute approximate surface area is 109 Å². The molecule has 1 fully saturated rings. The fourth-order valence-corrected chi connectivity index (χ4v) is 2.31. The number of carbonyl (C=O) groups is 2. The predicted octanol–water partition coefficient (Wildman–Crippen LogP) is 0.563. The molecule has 1 saturated heterocycles. The molecule has 7 heteroatoms. The number of nitrogens with zero attached hydrogens (tertiary/aromatic N) is 3. The first kappa shape index (κ1) is 12.8. The van der Waals surface area contributed by atoms with Crippen molar-refractivity contribution >= 4 is 29.6 Å². The second-order valence-electron chi connectivity index (χ2n) is 4.25. The van der Waals surface area contributed by atoms with Crippen LogP contribution in [0.5, 0.6) is 0 Å². The Morgan fingerprint density at radius 3 is 2.83 bits per heavy atom. The van der Waals surface area contributed by atoms with Crippen LogP contribution in [0.2, 0.25) is 5.15 Å². The molecule has 1 unspecified atom stereocenters. The van der Waals surface area contributed by atoms with Crippen LogP contribution in [0.15, 0.2) is 0 Å². The van der Waals surface area contributed by atoms with E-state index < -0.39 is 0 Å². The van der Waals surface area contributed by atoms with Crippen LogP contribution >= 0.6 is 11.6 Å². The first-order chi connectivity index (χ1) is 8.52. The second kappa shape index (κ2) is 4.89. The molecule has 1 aromatic rings. The number of aromatic nitrogens is 2. The Morgan fingerprint density at radius 2 is 2.28 bits per heavy atom. The van der Waals surface area contributed by atoms with Crippen molar-refractivity contribution in [1.29, 1.82) is 0 Å². The quantitative estimate of drug-likeness (QED) is 0.639. The van der Waals surface area contributed by atoms with Gasteiger partial charge in [-0.3, -0.25) is 9.59 Å². The van der Waals surface area contributed by atoms with Crippen LogP contribution in [0.25, 0.3) is 0 Å². The molecule has 1 aliphatic heterocycles. The van der Waals surface area contributed by atoms with Crippen molar-refractivity contribution < 1.29 is 9.59 Å². The molecule has 1 amide bonds. The molecule has 0 spiro atoms. The minimum absolute atomic E-state index is 0.134. The summed E-state index contributed by atoms with van der Waals surface area (Å²) in [5.74, 6) is 0.426. The van der Waals surface area contributed by atoms with E-state index in [0.29, 0.717) is 37.4 Å². The van der Waals surface area contributed by atoms with Gasteiger partial charge < -0.3 is 10.6 Å². The molecule has 6 nitrogen and oxygen atoms in total. The van der Waals surface area contributed by atoms with Crippen molar-refractivity contribution in [2.75, 3.05) is 18.0 Å². The van der Waals surface area contributed by atoms with Gasteiger partial charge in [0, 0.05) is 13.1 Å². The van der Waals surface area contributed by atoms with Crippen LogP contribution in [0.3, 0.4) is 0 Å². The normalized spacial score (nSPS) is 19.0. The van der Waals surface area contributed by atoms with Crippen molar-refractivity contribution in [2.24, 2.45) is 11.7 Å². The summed E-state index contributed by atoms with van der Waals surface area (Å²) in [5, 5.41) is 0.134. The standard InChI is InChI=1S/C11H13ClN4O2/c1-6-14-9(12)8(5-17)11(15-6)16-3-2-7(4-16)10(13)18/h5,7H,2-4H2,1H3,(H2,13,18). The van der Waals surface area contributed by atoms with E-state index in [1.54, 1.807) is 6.92 Å².